The molecule has 5 rings (SSSR count). The number of nitrogens with zero attached hydrogens (tertiary/aromatic N) is 5. The van der Waals surface area contributed by atoms with Crippen LogP contribution in [0.4, 0.5) is 33.2 Å². The van der Waals surface area contributed by atoms with Crippen LogP contribution in [0.1, 0.15) is 12.8 Å². The second-order valence-corrected chi connectivity index (χ2v) is 11.7. The predicted octanol–water partition coefficient (Wildman–Crippen LogP) is 4.87. The van der Waals surface area contributed by atoms with Crippen molar-refractivity contribution in [3.63, 3.8) is 0 Å². The van der Waals surface area contributed by atoms with Gasteiger partial charge in [0.15, 0.2) is 5.82 Å². The number of rotatable bonds is 8. The predicted molar refractivity (Wildman–Crippen MR) is 162 cm³/mol. The smallest absolute Gasteiger partial charge is 0.229 e. The quantitative estimate of drug-likeness (QED) is 0.360. The van der Waals surface area contributed by atoms with Crippen LogP contribution >= 0.6 is 19.0 Å². The normalized spacial score (nSPS) is 17.5. The zero-order valence-electron chi connectivity index (χ0n) is 22.7. The van der Waals surface area contributed by atoms with Crippen LogP contribution in [0.25, 0.3) is 0 Å². The molecule has 2 N–H and O–H groups in total. The number of benzene rings is 2. The molecule has 0 aliphatic carbocycles. The van der Waals surface area contributed by atoms with Crippen LogP contribution in [0.2, 0.25) is 5.02 Å². The maximum Gasteiger partial charge on any atom is 0.229 e. The summed E-state index contributed by atoms with van der Waals surface area (Å²) in [6.07, 6.45) is 7.24. The third-order valence-corrected chi connectivity index (χ3v) is 8.75. The number of anilines is 5. The number of piperazine rings is 1. The molecule has 2 aliphatic heterocycles. The lowest BCUT2D eigenvalue weighted by atomic mass is 10.0. The highest BCUT2D eigenvalue weighted by molar-refractivity contribution is 7.52. The lowest BCUT2D eigenvalue weighted by Crippen LogP contribution is -2.52. The number of likely N-dealkylation sites (N-methyl/N-ethyl adjacent to an activating group) is 1. The van der Waals surface area contributed by atoms with E-state index < -0.39 is 13.2 Å². The van der Waals surface area contributed by atoms with Crippen LogP contribution in [0.5, 0.6) is 5.75 Å². The Labute approximate surface area is 239 Å². The molecule has 0 radical (unpaired) electrons. The van der Waals surface area contributed by atoms with Gasteiger partial charge in [-0.05, 0) is 50.5 Å². The first-order valence-corrected chi connectivity index (χ1v) is 15.1. The van der Waals surface area contributed by atoms with Crippen molar-refractivity contribution in [1.82, 2.24) is 19.8 Å². The lowest BCUT2D eigenvalue weighted by Gasteiger charge is -2.42. The minimum Gasteiger partial charge on any atom is -0.494 e. The van der Waals surface area contributed by atoms with Gasteiger partial charge in [0.1, 0.15) is 24.0 Å². The number of piperidine rings is 1. The van der Waals surface area contributed by atoms with E-state index >= 15 is 0 Å². The molecule has 3 heterocycles. The Balaban J connectivity index is 1.28. The molecule has 2 aliphatic rings. The summed E-state index contributed by atoms with van der Waals surface area (Å²) in [5.74, 6) is 0.472. The van der Waals surface area contributed by atoms with Crippen LogP contribution in [-0.2, 0) is 4.57 Å². The van der Waals surface area contributed by atoms with Crippen molar-refractivity contribution in [2.45, 2.75) is 18.9 Å². The molecule has 40 heavy (non-hydrogen) atoms. The van der Waals surface area contributed by atoms with Crippen LogP contribution in [-0.4, -0.2) is 85.5 Å². The van der Waals surface area contributed by atoms with Crippen molar-refractivity contribution in [2.24, 2.45) is 0 Å². The number of nitrogens with one attached hydrogen (secondary N) is 2. The summed E-state index contributed by atoms with van der Waals surface area (Å²) in [4.78, 5) is 16.1. The maximum absolute atomic E-state index is 14.5. The van der Waals surface area contributed by atoms with Gasteiger partial charge in [-0.25, -0.2) is 9.37 Å². The largest absolute Gasteiger partial charge is 0.494 e. The van der Waals surface area contributed by atoms with E-state index in [4.69, 9.17) is 16.3 Å². The number of para-hydroxylation sites is 1. The van der Waals surface area contributed by atoms with Gasteiger partial charge < -0.3 is 25.2 Å². The van der Waals surface area contributed by atoms with E-state index in [1.54, 1.807) is 13.2 Å². The average Bonchev–Trinajstić information content (AvgIpc) is 2.96. The van der Waals surface area contributed by atoms with E-state index in [0.29, 0.717) is 17.5 Å². The number of methoxy groups -OCH3 is 1. The summed E-state index contributed by atoms with van der Waals surface area (Å²) < 4.78 is 32.3. The highest BCUT2D eigenvalue weighted by Gasteiger charge is 2.27. The lowest BCUT2D eigenvalue weighted by molar-refractivity contribution is 0.0982. The molecule has 212 valence electrons. The van der Waals surface area contributed by atoms with Crippen molar-refractivity contribution >= 4 is 59.5 Å². The molecule has 2 aromatic carbocycles. The minimum absolute atomic E-state index is 0.0171. The van der Waals surface area contributed by atoms with Crippen LogP contribution in [0, 0.1) is 5.82 Å². The van der Waals surface area contributed by atoms with E-state index in [0.717, 1.165) is 57.8 Å². The third kappa shape index (κ3) is 6.41. The van der Waals surface area contributed by atoms with E-state index in [9.17, 15) is 8.96 Å². The van der Waals surface area contributed by atoms with Crippen LogP contribution in [0.15, 0.2) is 42.6 Å². The molecular weight excluding hydrogens is 552 g/mol. The molecule has 3 aromatic rings. The summed E-state index contributed by atoms with van der Waals surface area (Å²) in [5, 5.41) is 6.46. The van der Waals surface area contributed by atoms with Gasteiger partial charge in [-0.15, -0.1) is 0 Å². The fraction of sp³-hybridized carbons (Fsp3) is 0.393. The zero-order chi connectivity index (χ0) is 28.2. The Morgan fingerprint density at radius 3 is 2.55 bits per heavy atom. The van der Waals surface area contributed by atoms with Gasteiger partial charge >= 0.3 is 0 Å². The van der Waals surface area contributed by atoms with Gasteiger partial charge in [0.25, 0.3) is 0 Å². The number of ether oxygens (including phenoxy) is 1. The van der Waals surface area contributed by atoms with E-state index in [2.05, 4.69) is 54.7 Å². The standard InChI is InChI=1S/C28H34ClFN7O2P/c1-35-13-15-37(16-14-35)19-9-11-36(12-10-19)20-7-8-23(24(17-20)39-2)32-28-31-18-21(29)27(34-28)33-26-22(30)5-4-6-25(26)40(3)38/h4-8,17-19H,3,9-16H2,1-2H3,(H2,31,32,33,34). The zero-order valence-corrected chi connectivity index (χ0v) is 24.4. The average molecular weight is 586 g/mol. The second-order valence-electron chi connectivity index (χ2n) is 10.1. The molecule has 9 nitrogen and oxygen atoms in total. The fourth-order valence-electron chi connectivity index (χ4n) is 5.25. The summed E-state index contributed by atoms with van der Waals surface area (Å²) in [6, 6.07) is 11.0. The fourth-order valence-corrected chi connectivity index (χ4v) is 6.06. The van der Waals surface area contributed by atoms with Crippen molar-refractivity contribution in [3.8, 4) is 5.75 Å². The molecule has 1 unspecified atom stereocenters. The van der Waals surface area contributed by atoms with Crippen molar-refractivity contribution in [3.05, 3.63) is 53.4 Å². The van der Waals surface area contributed by atoms with Gasteiger partial charge in [-0.3, -0.25) is 9.46 Å². The van der Waals surface area contributed by atoms with Gasteiger partial charge in [0.2, 0.25) is 5.95 Å². The van der Waals surface area contributed by atoms with Crippen molar-refractivity contribution in [1.29, 1.82) is 0 Å². The Kier molecular flexibility index (Phi) is 8.90. The Bertz CT molecular complexity index is 1420. The molecule has 0 saturated carbocycles. The highest BCUT2D eigenvalue weighted by Crippen LogP contribution is 2.34. The first-order valence-electron chi connectivity index (χ1n) is 13.3. The molecular formula is C28H34ClFN7O2P. The van der Waals surface area contributed by atoms with Crippen LogP contribution in [0.3, 0.4) is 0 Å². The van der Waals surface area contributed by atoms with E-state index in [1.165, 1.54) is 18.3 Å². The first-order chi connectivity index (χ1) is 19.3. The van der Waals surface area contributed by atoms with Gasteiger partial charge in [-0.1, -0.05) is 17.7 Å². The minimum atomic E-state index is -2.04. The van der Waals surface area contributed by atoms with Gasteiger partial charge in [0.05, 0.1) is 30.0 Å². The molecule has 0 spiro atoms. The number of hydrogen-bond acceptors (Lipinski definition) is 9. The molecule has 12 heteroatoms. The summed E-state index contributed by atoms with van der Waals surface area (Å²) in [5.41, 5.74) is 1.80. The Hall–Kier alpha value is -3.17. The van der Waals surface area contributed by atoms with Crippen molar-refractivity contribution in [2.75, 3.05) is 69.0 Å². The Morgan fingerprint density at radius 1 is 1.10 bits per heavy atom. The first kappa shape index (κ1) is 28.4. The SMILES string of the molecule is C=P(=O)c1cccc(F)c1Nc1nc(Nc2ccc(N3CCC(N4CCN(C)CC4)CC3)cc2OC)ncc1Cl. The highest BCUT2D eigenvalue weighted by atomic mass is 35.5. The van der Waals surface area contributed by atoms with E-state index in [-0.39, 0.29) is 27.8 Å². The summed E-state index contributed by atoms with van der Waals surface area (Å²) in [6.45, 7) is 6.58. The molecule has 0 bridgehead atoms. The second kappa shape index (κ2) is 12.6. The third-order valence-electron chi connectivity index (χ3n) is 7.56. The molecule has 0 amide bonds. The monoisotopic (exact) mass is 585 g/mol. The van der Waals surface area contributed by atoms with Gasteiger partial charge in [-0.2, -0.15) is 4.98 Å². The number of hydrogen-bond donors (Lipinski definition) is 2. The van der Waals surface area contributed by atoms with Crippen molar-refractivity contribution < 1.29 is 13.7 Å². The van der Waals surface area contributed by atoms with Crippen LogP contribution < -0.4 is 25.6 Å². The topological polar surface area (TPSA) is 85.9 Å². The Morgan fingerprint density at radius 2 is 1.85 bits per heavy atom. The van der Waals surface area contributed by atoms with Gasteiger partial charge in [0, 0.05) is 57.1 Å². The maximum atomic E-state index is 14.5. The number of halogens is 2. The molecule has 2 fully saturated rings. The number of aromatic nitrogens is 2. The molecule has 2 saturated heterocycles. The molecule has 1 atom stereocenters. The van der Waals surface area contributed by atoms with E-state index in [1.807, 2.05) is 12.1 Å². The summed E-state index contributed by atoms with van der Waals surface area (Å²) >= 11 is 6.30. The summed E-state index contributed by atoms with van der Waals surface area (Å²) in [7, 11) is 1.78. The molecule has 1 aromatic heterocycles.